The molecule has 2 aliphatic heterocycles. The summed E-state index contributed by atoms with van der Waals surface area (Å²) in [7, 11) is 0. The number of aryl methyl sites for hydroxylation is 1. The molecule has 1 unspecified atom stereocenters. The summed E-state index contributed by atoms with van der Waals surface area (Å²) in [4.78, 5) is 62.9. The van der Waals surface area contributed by atoms with E-state index in [4.69, 9.17) is 26.4 Å². The van der Waals surface area contributed by atoms with Crippen molar-refractivity contribution in [2.24, 2.45) is 5.41 Å². The normalized spacial score (nSPS) is 17.4. The molecule has 3 heterocycles. The van der Waals surface area contributed by atoms with Crippen molar-refractivity contribution in [3.05, 3.63) is 94.4 Å². The molecule has 2 saturated heterocycles. The molecule has 4 aromatic rings. The molecular formula is C50H57F4N7O8S2. The van der Waals surface area contributed by atoms with Crippen LogP contribution in [0.25, 0.3) is 10.4 Å². The lowest BCUT2D eigenvalue weighted by molar-refractivity contribution is -0.144. The number of rotatable bonds is 20. The number of aromatic nitrogens is 1. The van der Waals surface area contributed by atoms with Crippen molar-refractivity contribution < 1.29 is 56.1 Å². The summed E-state index contributed by atoms with van der Waals surface area (Å²) in [5.74, 6) is -2.84. The zero-order chi connectivity index (χ0) is 51.8. The molecule has 71 heavy (non-hydrogen) atoms. The van der Waals surface area contributed by atoms with E-state index in [0.717, 1.165) is 38.7 Å². The van der Waals surface area contributed by atoms with Gasteiger partial charge in [0.1, 0.15) is 24.2 Å². The highest BCUT2D eigenvalue weighted by Crippen LogP contribution is 2.40. The number of β-amino-alcohol motifs (C(OH)–C–C–N with tert-alkyl or cyclic N) is 1. The monoisotopic (exact) mass is 1020 g/mol. The number of nitriles is 1. The standard InChI is InChI=1S/C50H57F4N7O8S2/c1-30-42(71-29-57-30)32-12-10-31(11-13-32)26-56-44(64)39-24-36(62)27-59(39)45(65)43(48(2,3)4)58-41(63)28-68-20-9-19-67-18-7-8-21-69-40-17-16-35(23-38(40)51)61-47(70)60(46(66)49(61,5)6)34-15-14-33(25-55)37(22-34)50(52,53)54/h10-17,22-23,29,36,39,43,62H,7-9,18-21,24,26-28H2,1-6H3,(H,56,64)(H,58,63)/t36-,39+,43?/m1/s1. The van der Waals surface area contributed by atoms with Gasteiger partial charge in [0.25, 0.3) is 5.91 Å². The number of nitrogens with one attached hydrogen (secondary N) is 2. The van der Waals surface area contributed by atoms with Crippen LogP contribution in [0.5, 0.6) is 5.75 Å². The molecule has 4 amide bonds. The largest absolute Gasteiger partial charge is 0.491 e. The van der Waals surface area contributed by atoms with Crippen molar-refractivity contribution in [3.8, 4) is 22.3 Å². The van der Waals surface area contributed by atoms with Crippen molar-refractivity contribution in [1.29, 1.82) is 5.26 Å². The van der Waals surface area contributed by atoms with Crippen molar-refractivity contribution in [2.75, 3.05) is 49.4 Å². The zero-order valence-electron chi connectivity index (χ0n) is 40.2. The molecule has 380 valence electrons. The Morgan fingerprint density at radius 3 is 2.31 bits per heavy atom. The predicted octanol–water partition coefficient (Wildman–Crippen LogP) is 7.46. The van der Waals surface area contributed by atoms with Crippen LogP contribution in [0.15, 0.2) is 66.2 Å². The van der Waals surface area contributed by atoms with Crippen molar-refractivity contribution >= 4 is 63.7 Å². The minimum absolute atomic E-state index is 0.0501. The van der Waals surface area contributed by atoms with Crippen LogP contribution in [0.1, 0.15) is 82.7 Å². The third-order valence-electron chi connectivity index (χ3n) is 12.0. The first-order chi connectivity index (χ1) is 33.5. The zero-order valence-corrected chi connectivity index (χ0v) is 41.9. The van der Waals surface area contributed by atoms with Crippen LogP contribution < -0.4 is 25.2 Å². The van der Waals surface area contributed by atoms with Crippen LogP contribution in [0.4, 0.5) is 28.9 Å². The van der Waals surface area contributed by atoms with Gasteiger partial charge in [-0.1, -0.05) is 45.0 Å². The first-order valence-corrected chi connectivity index (χ1v) is 24.2. The van der Waals surface area contributed by atoms with E-state index in [0.29, 0.717) is 38.5 Å². The van der Waals surface area contributed by atoms with Gasteiger partial charge >= 0.3 is 6.18 Å². The Morgan fingerprint density at radius 1 is 0.986 bits per heavy atom. The highest BCUT2D eigenvalue weighted by molar-refractivity contribution is 7.81. The number of thiocarbonyl (C=S) groups is 1. The van der Waals surface area contributed by atoms with Gasteiger partial charge in [0.05, 0.1) is 51.7 Å². The van der Waals surface area contributed by atoms with Gasteiger partial charge in [-0.25, -0.2) is 9.37 Å². The fraction of sp³-hybridized carbons (Fsp3) is 0.460. The number of ether oxygens (including phenoxy) is 3. The maximum absolute atomic E-state index is 15.3. The molecule has 3 N–H and O–H groups in total. The number of alkyl halides is 3. The van der Waals surface area contributed by atoms with E-state index < -0.39 is 75.9 Å². The number of carbonyl (C=O) groups excluding carboxylic acids is 4. The maximum atomic E-state index is 15.3. The molecule has 0 radical (unpaired) electrons. The molecule has 3 atom stereocenters. The van der Waals surface area contributed by atoms with Gasteiger partial charge in [-0.3, -0.25) is 24.1 Å². The lowest BCUT2D eigenvalue weighted by atomic mass is 9.85. The van der Waals surface area contributed by atoms with Gasteiger partial charge < -0.3 is 39.8 Å². The SMILES string of the molecule is Cc1ncsc1-c1ccc(CNC(=O)[C@@H]2C[C@@H](O)CN2C(=O)C(NC(=O)COCCCOCCCCOc2ccc(N3C(=S)N(c4ccc(C#N)c(C(F)(F)F)c4)C(=O)C3(C)C)cc2F)C(C)(C)C)cc1. The second-order valence-corrected chi connectivity index (χ2v) is 20.0. The van der Waals surface area contributed by atoms with Crippen LogP contribution in [-0.2, 0) is 41.4 Å². The lowest BCUT2D eigenvalue weighted by Gasteiger charge is -2.35. The van der Waals surface area contributed by atoms with Crippen LogP contribution in [0, 0.1) is 29.5 Å². The average Bonchev–Trinajstić information content (AvgIpc) is 3.98. The Morgan fingerprint density at radius 2 is 1.66 bits per heavy atom. The second kappa shape index (κ2) is 23.0. The molecule has 2 aliphatic rings. The van der Waals surface area contributed by atoms with Gasteiger partial charge in [-0.15, -0.1) is 11.3 Å². The van der Waals surface area contributed by atoms with Gasteiger partial charge in [-0.05, 0) is 99.1 Å². The number of benzene rings is 3. The summed E-state index contributed by atoms with van der Waals surface area (Å²) in [6, 6.07) is 14.2. The Kier molecular flexibility index (Phi) is 17.6. The van der Waals surface area contributed by atoms with Gasteiger partial charge in [0.15, 0.2) is 16.7 Å². The van der Waals surface area contributed by atoms with E-state index in [9.17, 15) is 42.7 Å². The number of nitrogens with zero attached hydrogens (tertiary/aromatic N) is 5. The molecule has 15 nitrogen and oxygen atoms in total. The topological polar surface area (TPSA) is 187 Å². The van der Waals surface area contributed by atoms with Crippen LogP contribution >= 0.6 is 23.6 Å². The van der Waals surface area contributed by atoms with E-state index >= 15 is 4.39 Å². The predicted molar refractivity (Wildman–Crippen MR) is 262 cm³/mol. The number of hydrogen-bond acceptors (Lipinski definition) is 12. The summed E-state index contributed by atoms with van der Waals surface area (Å²) >= 11 is 7.09. The van der Waals surface area contributed by atoms with E-state index in [1.54, 1.807) is 37.6 Å². The minimum atomic E-state index is -4.85. The summed E-state index contributed by atoms with van der Waals surface area (Å²) in [6.07, 6.45) is -4.11. The molecule has 0 saturated carbocycles. The van der Waals surface area contributed by atoms with Crippen molar-refractivity contribution in [2.45, 2.75) is 104 Å². The highest BCUT2D eigenvalue weighted by Gasteiger charge is 2.51. The summed E-state index contributed by atoms with van der Waals surface area (Å²) in [5.41, 5.74) is 0.670. The fourth-order valence-corrected chi connectivity index (χ4v) is 9.54. The lowest BCUT2D eigenvalue weighted by Crippen LogP contribution is -2.58. The second-order valence-electron chi connectivity index (χ2n) is 18.8. The Hall–Kier alpha value is -6.05. The van der Waals surface area contributed by atoms with Crippen LogP contribution in [-0.4, -0.2) is 107 Å². The number of carbonyl (C=O) groups is 4. The Labute approximate surface area is 419 Å². The van der Waals surface area contributed by atoms with E-state index in [1.165, 1.54) is 47.9 Å². The number of thiazole rings is 1. The number of unbranched alkanes of at least 4 members (excludes halogenated alkanes) is 1. The molecule has 1 aromatic heterocycles. The molecule has 21 heteroatoms. The number of anilines is 2. The minimum Gasteiger partial charge on any atom is -0.491 e. The third kappa shape index (κ3) is 13.1. The van der Waals surface area contributed by atoms with Gasteiger partial charge in [0, 0.05) is 51.1 Å². The van der Waals surface area contributed by atoms with E-state index in [1.807, 2.05) is 31.2 Å². The quantitative estimate of drug-likeness (QED) is 0.0452. The molecule has 0 bridgehead atoms. The molecule has 3 aromatic carbocycles. The first kappa shape index (κ1) is 54.3. The first-order valence-electron chi connectivity index (χ1n) is 23.0. The summed E-state index contributed by atoms with van der Waals surface area (Å²) < 4.78 is 73.3. The molecule has 6 rings (SSSR count). The number of aliphatic hydroxyl groups excluding tert-OH is 1. The van der Waals surface area contributed by atoms with Crippen LogP contribution in [0.2, 0.25) is 0 Å². The maximum Gasteiger partial charge on any atom is 0.417 e. The smallest absolute Gasteiger partial charge is 0.417 e. The third-order valence-corrected chi connectivity index (χ3v) is 13.3. The van der Waals surface area contributed by atoms with Crippen molar-refractivity contribution in [3.63, 3.8) is 0 Å². The molecule has 0 aliphatic carbocycles. The molecular weight excluding hydrogens is 967 g/mol. The Balaban J connectivity index is 0.879. The Bertz CT molecular complexity index is 2630. The average molecular weight is 1020 g/mol. The number of likely N-dealkylation sites (tertiary alicyclic amines) is 1. The number of hydrogen-bond donors (Lipinski definition) is 3. The fourth-order valence-electron chi connectivity index (χ4n) is 8.21. The number of amides is 4. The summed E-state index contributed by atoms with van der Waals surface area (Å²) in [5, 5.41) is 25.2. The van der Waals surface area contributed by atoms with E-state index in [-0.39, 0.29) is 61.6 Å². The van der Waals surface area contributed by atoms with Gasteiger partial charge in [0.2, 0.25) is 17.7 Å². The highest BCUT2D eigenvalue weighted by atomic mass is 32.1. The van der Waals surface area contributed by atoms with E-state index in [2.05, 4.69) is 15.6 Å². The summed E-state index contributed by atoms with van der Waals surface area (Å²) in [6.45, 7) is 11.3. The van der Waals surface area contributed by atoms with Crippen LogP contribution in [0.3, 0.4) is 0 Å². The molecule has 2 fully saturated rings. The molecule has 0 spiro atoms. The number of halogens is 4. The number of aliphatic hydroxyl groups is 1. The van der Waals surface area contributed by atoms with Crippen molar-refractivity contribution in [1.82, 2.24) is 20.5 Å². The van der Waals surface area contributed by atoms with Gasteiger partial charge in [-0.2, -0.15) is 18.4 Å².